The zero-order chi connectivity index (χ0) is 12.8. The fraction of sp³-hybridized carbons (Fsp3) is 0.231. The summed E-state index contributed by atoms with van der Waals surface area (Å²) >= 11 is 3.25. The number of aromatic nitrogens is 2. The molecule has 1 aromatic carbocycles. The molecule has 0 aliphatic rings. The lowest BCUT2D eigenvalue weighted by Gasteiger charge is -2.05. The third-order valence-corrected chi connectivity index (χ3v) is 2.78. The maximum absolute atomic E-state index is 5.59. The lowest BCUT2D eigenvalue weighted by molar-refractivity contribution is 0.286. The number of halogens is 1. The predicted molar refractivity (Wildman–Crippen MR) is 74.4 cm³/mol. The minimum atomic E-state index is 0.315. The molecule has 1 aromatic heterocycles. The molecule has 0 saturated heterocycles. The van der Waals surface area contributed by atoms with Gasteiger partial charge in [0.05, 0.1) is 6.61 Å². The van der Waals surface area contributed by atoms with E-state index in [0.29, 0.717) is 23.0 Å². The van der Waals surface area contributed by atoms with Crippen molar-refractivity contribution in [3.05, 3.63) is 46.6 Å². The smallest absolute Gasteiger partial charge is 0.319 e. The van der Waals surface area contributed by atoms with Crippen LogP contribution in [0, 0.1) is 0 Å². The standard InChI is InChI=1S/C13H14BrN3O/c14-11-9-12(15)17-13(16-11)18-8-4-7-10-5-2-1-3-6-10/h1-3,5-6,9H,4,7-8H2,(H2,15,16,17). The van der Waals surface area contributed by atoms with E-state index in [1.54, 1.807) is 6.07 Å². The molecular formula is C13H14BrN3O. The van der Waals surface area contributed by atoms with Crippen LogP contribution in [0.15, 0.2) is 41.0 Å². The first-order chi connectivity index (χ1) is 8.74. The van der Waals surface area contributed by atoms with Crippen LogP contribution in [0.25, 0.3) is 0 Å². The van der Waals surface area contributed by atoms with Crippen LogP contribution >= 0.6 is 15.9 Å². The number of aryl methyl sites for hydroxylation is 1. The number of ether oxygens (including phenoxy) is 1. The number of anilines is 1. The number of nitrogens with zero attached hydrogens (tertiary/aromatic N) is 2. The van der Waals surface area contributed by atoms with E-state index in [2.05, 4.69) is 38.0 Å². The molecule has 0 amide bonds. The van der Waals surface area contributed by atoms with Gasteiger partial charge in [0, 0.05) is 6.07 Å². The molecule has 2 aromatic rings. The summed E-state index contributed by atoms with van der Waals surface area (Å²) in [6, 6.07) is 12.2. The minimum Gasteiger partial charge on any atom is -0.463 e. The second kappa shape index (κ2) is 6.35. The largest absolute Gasteiger partial charge is 0.463 e. The van der Waals surface area contributed by atoms with E-state index in [-0.39, 0.29) is 0 Å². The molecular weight excluding hydrogens is 294 g/mol. The Morgan fingerprint density at radius 3 is 2.67 bits per heavy atom. The van der Waals surface area contributed by atoms with Crippen molar-refractivity contribution in [1.29, 1.82) is 0 Å². The first-order valence-corrected chi connectivity index (χ1v) is 6.50. The molecule has 0 spiro atoms. The highest BCUT2D eigenvalue weighted by Crippen LogP contribution is 2.14. The maximum atomic E-state index is 5.59. The van der Waals surface area contributed by atoms with Gasteiger partial charge in [0.15, 0.2) is 0 Å². The first-order valence-electron chi connectivity index (χ1n) is 5.71. The zero-order valence-corrected chi connectivity index (χ0v) is 11.4. The van der Waals surface area contributed by atoms with E-state index in [9.17, 15) is 0 Å². The van der Waals surface area contributed by atoms with Crippen molar-refractivity contribution < 1.29 is 4.74 Å². The van der Waals surface area contributed by atoms with Gasteiger partial charge in [-0.15, -0.1) is 0 Å². The highest BCUT2D eigenvalue weighted by molar-refractivity contribution is 9.10. The van der Waals surface area contributed by atoms with Gasteiger partial charge in [0.2, 0.25) is 0 Å². The summed E-state index contributed by atoms with van der Waals surface area (Å²) in [6.45, 7) is 0.574. The number of nitrogens with two attached hydrogens (primary N) is 1. The Hall–Kier alpha value is -1.62. The fourth-order valence-electron chi connectivity index (χ4n) is 1.56. The highest BCUT2D eigenvalue weighted by Gasteiger charge is 2.01. The molecule has 5 heteroatoms. The maximum Gasteiger partial charge on any atom is 0.319 e. The molecule has 18 heavy (non-hydrogen) atoms. The summed E-state index contributed by atoms with van der Waals surface area (Å²) in [6.07, 6.45) is 1.89. The summed E-state index contributed by atoms with van der Waals surface area (Å²) in [5, 5.41) is 0. The quantitative estimate of drug-likeness (QED) is 0.681. The fourth-order valence-corrected chi connectivity index (χ4v) is 1.95. The van der Waals surface area contributed by atoms with E-state index in [4.69, 9.17) is 10.5 Å². The number of hydrogen-bond acceptors (Lipinski definition) is 4. The lowest BCUT2D eigenvalue weighted by Crippen LogP contribution is -2.04. The van der Waals surface area contributed by atoms with Gasteiger partial charge in [-0.25, -0.2) is 0 Å². The van der Waals surface area contributed by atoms with Crippen LogP contribution in [-0.4, -0.2) is 16.6 Å². The van der Waals surface area contributed by atoms with Crippen LogP contribution in [0.1, 0.15) is 12.0 Å². The zero-order valence-electron chi connectivity index (χ0n) is 9.84. The van der Waals surface area contributed by atoms with Crippen molar-refractivity contribution in [2.75, 3.05) is 12.3 Å². The molecule has 1 heterocycles. The van der Waals surface area contributed by atoms with E-state index in [1.807, 2.05) is 18.2 Å². The third kappa shape index (κ3) is 4.00. The topological polar surface area (TPSA) is 61.0 Å². The van der Waals surface area contributed by atoms with Crippen LogP contribution in [0.4, 0.5) is 5.82 Å². The van der Waals surface area contributed by atoms with E-state index in [0.717, 1.165) is 12.8 Å². The predicted octanol–water partition coefficient (Wildman–Crippen LogP) is 2.83. The molecule has 0 atom stereocenters. The normalized spacial score (nSPS) is 10.3. The monoisotopic (exact) mass is 307 g/mol. The Kier molecular flexibility index (Phi) is 4.52. The molecule has 0 fully saturated rings. The average Bonchev–Trinajstić information content (AvgIpc) is 2.35. The number of hydrogen-bond donors (Lipinski definition) is 1. The summed E-state index contributed by atoms with van der Waals surface area (Å²) in [7, 11) is 0. The van der Waals surface area contributed by atoms with Gasteiger partial charge in [0.1, 0.15) is 10.4 Å². The Bertz CT molecular complexity index is 485. The van der Waals surface area contributed by atoms with Gasteiger partial charge in [-0.3, -0.25) is 0 Å². The van der Waals surface area contributed by atoms with Crippen LogP contribution < -0.4 is 10.5 Å². The molecule has 2 N–H and O–H groups in total. The van der Waals surface area contributed by atoms with Gasteiger partial charge >= 0.3 is 6.01 Å². The van der Waals surface area contributed by atoms with Crippen LogP contribution in [-0.2, 0) is 6.42 Å². The molecule has 0 radical (unpaired) electrons. The molecule has 0 unspecified atom stereocenters. The second-order valence-electron chi connectivity index (χ2n) is 3.84. The Morgan fingerprint density at radius 2 is 1.94 bits per heavy atom. The van der Waals surface area contributed by atoms with Gasteiger partial charge in [-0.05, 0) is 34.3 Å². The first kappa shape index (κ1) is 12.8. The third-order valence-electron chi connectivity index (χ3n) is 2.38. The number of nitrogen functional groups attached to an aromatic ring is 1. The molecule has 0 aliphatic heterocycles. The molecule has 94 valence electrons. The van der Waals surface area contributed by atoms with Crippen molar-refractivity contribution in [3.8, 4) is 6.01 Å². The summed E-state index contributed by atoms with van der Waals surface area (Å²) in [5.41, 5.74) is 6.90. The molecule has 0 bridgehead atoms. The number of rotatable bonds is 5. The SMILES string of the molecule is Nc1cc(Br)nc(OCCCc2ccccc2)n1. The van der Waals surface area contributed by atoms with Crippen molar-refractivity contribution in [1.82, 2.24) is 9.97 Å². The Morgan fingerprint density at radius 1 is 1.17 bits per heavy atom. The minimum absolute atomic E-state index is 0.315. The van der Waals surface area contributed by atoms with Crippen molar-refractivity contribution in [2.24, 2.45) is 0 Å². The Balaban J connectivity index is 1.78. The number of benzene rings is 1. The van der Waals surface area contributed by atoms with Gasteiger partial charge in [0.25, 0.3) is 0 Å². The molecule has 2 rings (SSSR count). The summed E-state index contributed by atoms with van der Waals surface area (Å²) in [5.74, 6) is 0.398. The second-order valence-corrected chi connectivity index (χ2v) is 4.65. The lowest BCUT2D eigenvalue weighted by atomic mass is 10.1. The summed E-state index contributed by atoms with van der Waals surface area (Å²) < 4.78 is 6.09. The van der Waals surface area contributed by atoms with Crippen LogP contribution in [0.2, 0.25) is 0 Å². The van der Waals surface area contributed by atoms with Gasteiger partial charge in [-0.2, -0.15) is 9.97 Å². The van der Waals surface area contributed by atoms with E-state index in [1.165, 1.54) is 5.56 Å². The Labute approximate surface area is 114 Å². The van der Waals surface area contributed by atoms with E-state index >= 15 is 0 Å². The van der Waals surface area contributed by atoms with Crippen LogP contribution in [0.5, 0.6) is 6.01 Å². The molecule has 4 nitrogen and oxygen atoms in total. The summed E-state index contributed by atoms with van der Waals surface area (Å²) in [4.78, 5) is 8.07. The van der Waals surface area contributed by atoms with Crippen molar-refractivity contribution >= 4 is 21.7 Å². The average molecular weight is 308 g/mol. The van der Waals surface area contributed by atoms with Crippen molar-refractivity contribution in [3.63, 3.8) is 0 Å². The molecule has 0 aliphatic carbocycles. The highest BCUT2D eigenvalue weighted by atomic mass is 79.9. The molecule has 0 saturated carbocycles. The van der Waals surface area contributed by atoms with Gasteiger partial charge in [-0.1, -0.05) is 30.3 Å². The van der Waals surface area contributed by atoms with Gasteiger partial charge < -0.3 is 10.5 Å². The van der Waals surface area contributed by atoms with Crippen molar-refractivity contribution in [2.45, 2.75) is 12.8 Å². The van der Waals surface area contributed by atoms with E-state index < -0.39 is 0 Å². The van der Waals surface area contributed by atoms with Crippen LogP contribution in [0.3, 0.4) is 0 Å².